The van der Waals surface area contributed by atoms with Crippen LogP contribution in [0.4, 0.5) is 0 Å². The van der Waals surface area contributed by atoms with Crippen LogP contribution in [0.1, 0.15) is 63.3 Å². The van der Waals surface area contributed by atoms with Gasteiger partial charge in [-0.1, -0.05) is 37.1 Å². The SMILES string of the molecule is CCc1nn(C2CCCC2)c2cc(C3=NOC(C)(C(=O)NN)C3)ccc12. The zero-order valence-electron chi connectivity index (χ0n) is 15.3. The second kappa shape index (κ2) is 6.39. The van der Waals surface area contributed by atoms with Gasteiger partial charge in [-0.2, -0.15) is 5.10 Å². The second-order valence-electron chi connectivity index (χ2n) is 7.43. The minimum atomic E-state index is -1.06. The van der Waals surface area contributed by atoms with Crippen LogP contribution in [0.3, 0.4) is 0 Å². The highest BCUT2D eigenvalue weighted by Crippen LogP contribution is 2.34. The third-order valence-electron chi connectivity index (χ3n) is 5.60. The third kappa shape index (κ3) is 2.67. The number of nitrogens with one attached hydrogen (secondary N) is 1. The van der Waals surface area contributed by atoms with Gasteiger partial charge in [0.1, 0.15) is 0 Å². The van der Waals surface area contributed by atoms with Crippen molar-refractivity contribution in [2.45, 2.75) is 64.0 Å². The quantitative estimate of drug-likeness (QED) is 0.501. The fourth-order valence-electron chi connectivity index (χ4n) is 4.04. The van der Waals surface area contributed by atoms with E-state index in [9.17, 15) is 4.79 Å². The lowest BCUT2D eigenvalue weighted by Gasteiger charge is -2.18. The second-order valence-corrected chi connectivity index (χ2v) is 7.43. The van der Waals surface area contributed by atoms with Crippen molar-refractivity contribution in [1.82, 2.24) is 15.2 Å². The molecule has 1 aromatic heterocycles. The highest BCUT2D eigenvalue weighted by atomic mass is 16.7. The molecule has 7 nitrogen and oxygen atoms in total. The van der Waals surface area contributed by atoms with Crippen molar-refractivity contribution in [3.63, 3.8) is 0 Å². The highest BCUT2D eigenvalue weighted by molar-refractivity contribution is 6.07. The summed E-state index contributed by atoms with van der Waals surface area (Å²) in [7, 11) is 0. The number of carbonyl (C=O) groups excluding carboxylic acids is 1. The molecule has 26 heavy (non-hydrogen) atoms. The molecule has 1 unspecified atom stereocenters. The molecule has 1 aliphatic carbocycles. The van der Waals surface area contributed by atoms with Crippen molar-refractivity contribution in [3.05, 3.63) is 29.5 Å². The number of hydrogen-bond acceptors (Lipinski definition) is 5. The first kappa shape index (κ1) is 17.0. The zero-order chi connectivity index (χ0) is 18.3. The number of aromatic nitrogens is 2. The molecular formula is C19H25N5O2. The number of benzene rings is 1. The molecule has 0 radical (unpaired) electrons. The summed E-state index contributed by atoms with van der Waals surface area (Å²) < 4.78 is 2.20. The maximum Gasteiger partial charge on any atom is 0.281 e. The van der Waals surface area contributed by atoms with Gasteiger partial charge in [0.25, 0.3) is 5.91 Å². The highest BCUT2D eigenvalue weighted by Gasteiger charge is 2.42. The molecule has 0 saturated heterocycles. The lowest BCUT2D eigenvalue weighted by atomic mass is 9.94. The van der Waals surface area contributed by atoms with E-state index in [0.29, 0.717) is 12.5 Å². The summed E-state index contributed by atoms with van der Waals surface area (Å²) in [6, 6.07) is 6.76. The molecule has 0 spiro atoms. The number of nitrogens with zero attached hydrogens (tertiary/aromatic N) is 3. The first-order valence-corrected chi connectivity index (χ1v) is 9.33. The number of amides is 1. The van der Waals surface area contributed by atoms with Gasteiger partial charge in [-0.05, 0) is 32.3 Å². The number of nitrogens with two attached hydrogens (primary N) is 1. The fraction of sp³-hybridized carbons (Fsp3) is 0.526. The molecule has 7 heteroatoms. The molecule has 2 aromatic rings. The van der Waals surface area contributed by atoms with Crippen molar-refractivity contribution in [2.24, 2.45) is 11.0 Å². The van der Waals surface area contributed by atoms with Crippen molar-refractivity contribution in [3.8, 4) is 0 Å². The maximum absolute atomic E-state index is 11.9. The largest absolute Gasteiger partial charge is 0.379 e. The minimum absolute atomic E-state index is 0.374. The summed E-state index contributed by atoms with van der Waals surface area (Å²) in [6.45, 7) is 3.84. The number of carbonyl (C=O) groups is 1. The summed E-state index contributed by atoms with van der Waals surface area (Å²) in [5.41, 5.74) is 5.10. The van der Waals surface area contributed by atoms with E-state index >= 15 is 0 Å². The Morgan fingerprint density at radius 3 is 2.88 bits per heavy atom. The molecular weight excluding hydrogens is 330 g/mol. The van der Waals surface area contributed by atoms with E-state index < -0.39 is 5.60 Å². The number of hydrazine groups is 1. The summed E-state index contributed by atoms with van der Waals surface area (Å²) >= 11 is 0. The number of oxime groups is 1. The van der Waals surface area contributed by atoms with Gasteiger partial charge >= 0.3 is 0 Å². The van der Waals surface area contributed by atoms with E-state index in [1.807, 2.05) is 6.07 Å². The van der Waals surface area contributed by atoms with E-state index in [1.54, 1.807) is 6.92 Å². The monoisotopic (exact) mass is 355 g/mol. The van der Waals surface area contributed by atoms with Gasteiger partial charge in [0.2, 0.25) is 5.60 Å². The first-order valence-electron chi connectivity index (χ1n) is 9.33. The fourth-order valence-corrected chi connectivity index (χ4v) is 4.04. The van der Waals surface area contributed by atoms with Gasteiger partial charge < -0.3 is 4.84 Å². The maximum atomic E-state index is 11.9. The van der Waals surface area contributed by atoms with E-state index in [0.717, 1.165) is 28.9 Å². The molecule has 3 N–H and O–H groups in total. The Bertz CT molecular complexity index is 881. The molecule has 1 fully saturated rings. The average Bonchev–Trinajstić information content (AvgIpc) is 3.38. The molecule has 4 rings (SSSR count). The summed E-state index contributed by atoms with van der Waals surface area (Å²) in [6.07, 6.45) is 6.20. The van der Waals surface area contributed by atoms with Crippen LogP contribution in [-0.4, -0.2) is 27.0 Å². The molecule has 1 saturated carbocycles. The van der Waals surface area contributed by atoms with Crippen LogP contribution in [0, 0.1) is 0 Å². The Balaban J connectivity index is 1.71. The predicted molar refractivity (Wildman–Crippen MR) is 99.6 cm³/mol. The van der Waals surface area contributed by atoms with Gasteiger partial charge in [-0.3, -0.25) is 14.9 Å². The standard InChI is InChI=1S/C19H25N5O2/c1-3-15-14-9-8-12(16-11-19(2,26-23-16)18(25)21-20)10-17(14)24(22-15)13-6-4-5-7-13/h8-10,13H,3-7,11,20H2,1-2H3,(H,21,25). The average molecular weight is 355 g/mol. The van der Waals surface area contributed by atoms with Crippen LogP contribution in [-0.2, 0) is 16.1 Å². The number of fused-ring (bicyclic) bond motifs is 1. The lowest BCUT2D eigenvalue weighted by Crippen LogP contribution is -2.47. The Labute approximate surface area is 152 Å². The van der Waals surface area contributed by atoms with Crippen molar-refractivity contribution < 1.29 is 9.63 Å². The lowest BCUT2D eigenvalue weighted by molar-refractivity contribution is -0.141. The van der Waals surface area contributed by atoms with Gasteiger partial charge in [0.15, 0.2) is 0 Å². The molecule has 138 valence electrons. The number of aryl methyl sites for hydroxylation is 1. The van der Waals surface area contributed by atoms with Crippen molar-refractivity contribution >= 4 is 22.5 Å². The van der Waals surface area contributed by atoms with E-state index in [4.69, 9.17) is 15.8 Å². The van der Waals surface area contributed by atoms with Crippen molar-refractivity contribution in [1.29, 1.82) is 0 Å². The van der Waals surface area contributed by atoms with E-state index in [-0.39, 0.29) is 5.91 Å². The van der Waals surface area contributed by atoms with Gasteiger partial charge in [0, 0.05) is 17.4 Å². The van der Waals surface area contributed by atoms with Crippen LogP contribution >= 0.6 is 0 Å². The van der Waals surface area contributed by atoms with Crippen LogP contribution in [0.15, 0.2) is 23.4 Å². The normalized spacial score (nSPS) is 23.3. The Kier molecular flexibility index (Phi) is 4.19. The van der Waals surface area contributed by atoms with Gasteiger partial charge in [-0.15, -0.1) is 0 Å². The summed E-state index contributed by atoms with van der Waals surface area (Å²) in [4.78, 5) is 17.3. The molecule has 1 aliphatic heterocycles. The van der Waals surface area contributed by atoms with Crippen LogP contribution in [0.25, 0.3) is 10.9 Å². The van der Waals surface area contributed by atoms with Crippen LogP contribution < -0.4 is 11.3 Å². The Hall–Kier alpha value is -2.41. The van der Waals surface area contributed by atoms with Crippen LogP contribution in [0.2, 0.25) is 0 Å². The summed E-state index contributed by atoms with van der Waals surface area (Å²) in [5.74, 6) is 4.89. The van der Waals surface area contributed by atoms with Crippen LogP contribution in [0.5, 0.6) is 0 Å². The molecule has 2 heterocycles. The van der Waals surface area contributed by atoms with E-state index in [1.165, 1.54) is 31.1 Å². The zero-order valence-corrected chi connectivity index (χ0v) is 15.3. The van der Waals surface area contributed by atoms with Gasteiger partial charge in [-0.25, -0.2) is 5.84 Å². The molecule has 1 amide bonds. The Morgan fingerprint density at radius 1 is 1.42 bits per heavy atom. The molecule has 1 aromatic carbocycles. The number of rotatable bonds is 4. The minimum Gasteiger partial charge on any atom is -0.379 e. The first-order chi connectivity index (χ1) is 12.6. The third-order valence-corrected chi connectivity index (χ3v) is 5.60. The predicted octanol–water partition coefficient (Wildman–Crippen LogP) is 2.59. The van der Waals surface area contributed by atoms with E-state index in [2.05, 4.69) is 34.3 Å². The summed E-state index contributed by atoms with van der Waals surface area (Å²) in [5, 5.41) is 10.3. The topological polar surface area (TPSA) is 94.5 Å². The van der Waals surface area contributed by atoms with Gasteiger partial charge in [0.05, 0.1) is 23.0 Å². The van der Waals surface area contributed by atoms with Crippen molar-refractivity contribution in [2.75, 3.05) is 0 Å². The number of hydrogen-bond donors (Lipinski definition) is 2. The molecule has 2 aliphatic rings. The molecule has 0 bridgehead atoms. The Morgan fingerprint density at radius 2 is 2.19 bits per heavy atom. The smallest absolute Gasteiger partial charge is 0.281 e. The molecule has 1 atom stereocenters.